The number of ether oxygens (including phenoxy) is 2. The van der Waals surface area contributed by atoms with E-state index in [9.17, 15) is 5.11 Å². The van der Waals surface area contributed by atoms with Crippen molar-refractivity contribution >= 4 is 11.6 Å². The Balaban J connectivity index is 1.99. The van der Waals surface area contributed by atoms with Crippen LogP contribution in [0.4, 0.5) is 0 Å². The van der Waals surface area contributed by atoms with Crippen LogP contribution in [0.2, 0.25) is 5.02 Å². The molecule has 0 aliphatic rings. The van der Waals surface area contributed by atoms with Crippen LogP contribution >= 0.6 is 11.6 Å². The molecule has 0 saturated carbocycles. The summed E-state index contributed by atoms with van der Waals surface area (Å²) in [5, 5.41) is 15.8. The van der Waals surface area contributed by atoms with E-state index in [1.165, 1.54) is 0 Å². The third-order valence-corrected chi connectivity index (χ3v) is 5.54. The second-order valence-corrected chi connectivity index (χ2v) is 8.40. The van der Waals surface area contributed by atoms with Gasteiger partial charge in [-0.15, -0.1) is 0 Å². The van der Waals surface area contributed by atoms with Gasteiger partial charge in [0.05, 0.1) is 23.3 Å². The Kier molecular flexibility index (Phi) is 8.70. The van der Waals surface area contributed by atoms with Crippen molar-refractivity contribution in [1.82, 2.24) is 14.7 Å². The zero-order valence-corrected chi connectivity index (χ0v) is 19.9. The Morgan fingerprint density at radius 2 is 1.78 bits per heavy atom. The van der Waals surface area contributed by atoms with Gasteiger partial charge in [-0.05, 0) is 32.9 Å². The van der Waals surface area contributed by atoms with Gasteiger partial charge in [-0.2, -0.15) is 5.10 Å². The van der Waals surface area contributed by atoms with Crippen molar-refractivity contribution in [3.05, 3.63) is 65.2 Å². The molecule has 1 aromatic heterocycles. The maximum atomic E-state index is 10.5. The molecule has 172 valence electrons. The summed E-state index contributed by atoms with van der Waals surface area (Å²) < 4.78 is 13.4. The Bertz CT molecular complexity index is 991. The van der Waals surface area contributed by atoms with Gasteiger partial charge in [-0.1, -0.05) is 54.1 Å². The van der Waals surface area contributed by atoms with E-state index >= 15 is 0 Å². The van der Waals surface area contributed by atoms with Gasteiger partial charge >= 0.3 is 0 Å². The van der Waals surface area contributed by atoms with Gasteiger partial charge in [0, 0.05) is 38.3 Å². The number of para-hydroxylation sites is 1. The SMILES string of the molecule is CCOCC(O)CN(Cc1c(-c2ccccc2)nn(C)c1Oc1ccccc1Cl)C(C)C. The van der Waals surface area contributed by atoms with Crippen molar-refractivity contribution in [3.63, 3.8) is 0 Å². The predicted molar refractivity (Wildman–Crippen MR) is 128 cm³/mol. The summed E-state index contributed by atoms with van der Waals surface area (Å²) in [5.74, 6) is 1.20. The van der Waals surface area contributed by atoms with E-state index in [2.05, 4.69) is 18.7 Å². The highest BCUT2D eigenvalue weighted by atomic mass is 35.5. The lowest BCUT2D eigenvalue weighted by Gasteiger charge is -2.29. The average molecular weight is 458 g/mol. The number of halogens is 1. The second-order valence-electron chi connectivity index (χ2n) is 7.99. The lowest BCUT2D eigenvalue weighted by Crippen LogP contribution is -2.39. The summed E-state index contributed by atoms with van der Waals surface area (Å²) in [6.07, 6.45) is -0.581. The van der Waals surface area contributed by atoms with Crippen LogP contribution in [-0.2, 0) is 18.3 Å². The van der Waals surface area contributed by atoms with Crippen LogP contribution in [-0.4, -0.2) is 51.7 Å². The molecule has 0 aliphatic heterocycles. The van der Waals surface area contributed by atoms with E-state index in [-0.39, 0.29) is 6.04 Å². The minimum Gasteiger partial charge on any atom is -0.437 e. The van der Waals surface area contributed by atoms with E-state index < -0.39 is 6.10 Å². The number of benzene rings is 2. The van der Waals surface area contributed by atoms with E-state index in [0.717, 1.165) is 16.8 Å². The minimum absolute atomic E-state index is 0.197. The van der Waals surface area contributed by atoms with Gasteiger partial charge in [0.15, 0.2) is 0 Å². The molecule has 1 heterocycles. The molecule has 0 bridgehead atoms. The summed E-state index contributed by atoms with van der Waals surface area (Å²) in [6, 6.07) is 17.6. The topological polar surface area (TPSA) is 59.8 Å². The Labute approximate surface area is 195 Å². The smallest absolute Gasteiger partial charge is 0.222 e. The average Bonchev–Trinajstić information content (AvgIpc) is 3.09. The molecule has 0 amide bonds. The molecule has 32 heavy (non-hydrogen) atoms. The van der Waals surface area contributed by atoms with Crippen LogP contribution in [0.1, 0.15) is 26.3 Å². The van der Waals surface area contributed by atoms with Crippen LogP contribution < -0.4 is 4.74 Å². The van der Waals surface area contributed by atoms with Crippen molar-refractivity contribution in [3.8, 4) is 22.9 Å². The lowest BCUT2D eigenvalue weighted by atomic mass is 10.1. The maximum absolute atomic E-state index is 10.5. The predicted octanol–water partition coefficient (Wildman–Crippen LogP) is 5.14. The van der Waals surface area contributed by atoms with Crippen LogP contribution in [0, 0.1) is 0 Å². The van der Waals surface area contributed by atoms with Crippen LogP contribution in [0.15, 0.2) is 54.6 Å². The number of aliphatic hydroxyl groups excluding tert-OH is 1. The van der Waals surface area contributed by atoms with E-state index in [1.807, 2.05) is 62.5 Å². The van der Waals surface area contributed by atoms with Crippen molar-refractivity contribution in [2.45, 2.75) is 39.5 Å². The number of rotatable bonds is 11. The van der Waals surface area contributed by atoms with Gasteiger partial charge in [-0.3, -0.25) is 4.90 Å². The molecule has 3 rings (SSSR count). The monoisotopic (exact) mass is 457 g/mol. The van der Waals surface area contributed by atoms with Crippen molar-refractivity contribution in [2.24, 2.45) is 7.05 Å². The fraction of sp³-hybridized carbons (Fsp3) is 0.400. The molecule has 0 fully saturated rings. The Morgan fingerprint density at radius 1 is 1.09 bits per heavy atom. The quantitative estimate of drug-likeness (QED) is 0.432. The summed E-state index contributed by atoms with van der Waals surface area (Å²) in [4.78, 5) is 2.20. The first kappa shape index (κ1) is 24.3. The van der Waals surface area contributed by atoms with Crippen LogP contribution in [0.25, 0.3) is 11.3 Å². The largest absolute Gasteiger partial charge is 0.437 e. The maximum Gasteiger partial charge on any atom is 0.222 e. The molecule has 0 spiro atoms. The fourth-order valence-corrected chi connectivity index (χ4v) is 3.69. The van der Waals surface area contributed by atoms with E-state index in [4.69, 9.17) is 26.2 Å². The summed E-state index contributed by atoms with van der Waals surface area (Å²) in [6.45, 7) is 8.07. The number of aliphatic hydroxyl groups is 1. The molecular formula is C25H32ClN3O3. The molecular weight excluding hydrogens is 426 g/mol. The number of nitrogens with zero attached hydrogens (tertiary/aromatic N) is 3. The third-order valence-electron chi connectivity index (χ3n) is 5.23. The Hall–Kier alpha value is -2.38. The van der Waals surface area contributed by atoms with Crippen LogP contribution in [0.3, 0.4) is 0 Å². The molecule has 3 aromatic rings. The van der Waals surface area contributed by atoms with Gasteiger partial charge in [-0.25, -0.2) is 4.68 Å². The zero-order valence-electron chi connectivity index (χ0n) is 19.2. The lowest BCUT2D eigenvalue weighted by molar-refractivity contribution is 0.0132. The molecule has 1 unspecified atom stereocenters. The summed E-state index contributed by atoms with van der Waals surface area (Å²) >= 11 is 6.36. The number of aryl methyl sites for hydroxylation is 1. The molecule has 0 aliphatic carbocycles. The van der Waals surface area contributed by atoms with Gasteiger partial charge in [0.1, 0.15) is 11.4 Å². The van der Waals surface area contributed by atoms with Gasteiger partial charge in [0.2, 0.25) is 5.88 Å². The van der Waals surface area contributed by atoms with Crippen molar-refractivity contribution < 1.29 is 14.6 Å². The standard InChI is InChI=1S/C25H32ClN3O3/c1-5-31-17-20(30)15-29(18(2)3)16-21-24(19-11-7-6-8-12-19)27-28(4)25(21)32-23-14-10-9-13-22(23)26/h6-14,18,20,30H,5,15-17H2,1-4H3. The molecule has 1 N–H and O–H groups in total. The van der Waals surface area contributed by atoms with Crippen molar-refractivity contribution in [1.29, 1.82) is 0 Å². The fourth-order valence-electron chi connectivity index (χ4n) is 3.52. The molecule has 1 atom stereocenters. The van der Waals surface area contributed by atoms with Crippen LogP contribution in [0.5, 0.6) is 11.6 Å². The highest BCUT2D eigenvalue weighted by Gasteiger charge is 2.25. The molecule has 2 aromatic carbocycles. The summed E-state index contributed by atoms with van der Waals surface area (Å²) in [7, 11) is 1.87. The summed E-state index contributed by atoms with van der Waals surface area (Å²) in [5.41, 5.74) is 2.79. The first-order valence-corrected chi connectivity index (χ1v) is 11.3. The highest BCUT2D eigenvalue weighted by molar-refractivity contribution is 6.32. The minimum atomic E-state index is -0.581. The van der Waals surface area contributed by atoms with Crippen molar-refractivity contribution in [2.75, 3.05) is 19.8 Å². The number of aromatic nitrogens is 2. The Morgan fingerprint density at radius 3 is 2.44 bits per heavy atom. The molecule has 0 radical (unpaired) electrons. The molecule has 6 nitrogen and oxygen atoms in total. The number of hydrogen-bond donors (Lipinski definition) is 1. The van der Waals surface area contributed by atoms with E-state index in [1.54, 1.807) is 10.7 Å². The first-order chi connectivity index (χ1) is 15.4. The zero-order chi connectivity index (χ0) is 23.1. The first-order valence-electron chi connectivity index (χ1n) is 10.9. The highest BCUT2D eigenvalue weighted by Crippen LogP contribution is 2.36. The molecule has 0 saturated heterocycles. The van der Waals surface area contributed by atoms with E-state index in [0.29, 0.717) is 43.0 Å². The van der Waals surface area contributed by atoms with Gasteiger partial charge in [0.25, 0.3) is 0 Å². The number of hydrogen-bond acceptors (Lipinski definition) is 5. The molecule has 7 heteroatoms. The normalized spacial score (nSPS) is 12.5. The van der Waals surface area contributed by atoms with Gasteiger partial charge < -0.3 is 14.6 Å². The third kappa shape index (κ3) is 6.11. The second kappa shape index (κ2) is 11.5.